The monoisotopic (exact) mass is 786 g/mol. The van der Waals surface area contributed by atoms with Gasteiger partial charge in [-0.15, -0.1) is 10.2 Å². The summed E-state index contributed by atoms with van der Waals surface area (Å²) in [5.41, 5.74) is 4.35. The number of non-ortho nitro benzene ring substituents is 1. The lowest BCUT2D eigenvalue weighted by atomic mass is 10.1. The Morgan fingerprint density at radius 2 is 1.48 bits per heavy atom. The first kappa shape index (κ1) is 31.5. The van der Waals surface area contributed by atoms with Crippen LogP contribution in [0.2, 0.25) is 10.0 Å². The highest BCUT2D eigenvalue weighted by molar-refractivity contribution is 14.1. The zero-order valence-corrected chi connectivity index (χ0v) is 28.3. The third kappa shape index (κ3) is 6.27. The maximum atomic E-state index is 14.1. The molecule has 0 amide bonds. The standard InChI is InChI=1S/C35H21Cl2IN6O4/c36-27-5-3-6-28(37)32(27)40-29-7-2-1-4-22(29)18-31-39-30-17-12-23(38)19-26(30)35(45)43(31)24-13-8-20(9-14-24)33-41-42-34(48-33)21-10-15-25(16-11-21)44(46)47/h1-17,19,40H,18H2. The van der Waals surface area contributed by atoms with Gasteiger partial charge in [0.2, 0.25) is 11.8 Å². The van der Waals surface area contributed by atoms with Crippen molar-refractivity contribution in [3.8, 4) is 28.6 Å². The number of nitrogens with one attached hydrogen (secondary N) is 1. The summed E-state index contributed by atoms with van der Waals surface area (Å²) in [5, 5.41) is 24.1. The topological polar surface area (TPSA) is 129 Å². The largest absolute Gasteiger partial charge is 0.416 e. The van der Waals surface area contributed by atoms with Crippen molar-refractivity contribution in [1.29, 1.82) is 0 Å². The van der Waals surface area contributed by atoms with E-state index in [9.17, 15) is 14.9 Å². The van der Waals surface area contributed by atoms with Gasteiger partial charge < -0.3 is 9.73 Å². The second-order valence-corrected chi connectivity index (χ2v) is 12.7. The number of nitrogens with zero attached hydrogens (tertiary/aromatic N) is 5. The van der Waals surface area contributed by atoms with E-state index in [1.807, 2.05) is 42.5 Å². The van der Waals surface area contributed by atoms with Crippen molar-refractivity contribution >= 4 is 73.8 Å². The summed E-state index contributed by atoms with van der Waals surface area (Å²) in [4.78, 5) is 29.6. The van der Waals surface area contributed by atoms with Crippen LogP contribution in [0.4, 0.5) is 17.1 Å². The second kappa shape index (κ2) is 13.2. The molecule has 7 rings (SSSR count). The molecule has 7 aromatic rings. The molecule has 10 nitrogen and oxygen atoms in total. The van der Waals surface area contributed by atoms with Crippen molar-refractivity contribution in [2.24, 2.45) is 0 Å². The van der Waals surface area contributed by atoms with Gasteiger partial charge in [-0.25, -0.2) is 4.98 Å². The summed E-state index contributed by atoms with van der Waals surface area (Å²) >= 11 is 15.1. The van der Waals surface area contributed by atoms with Gasteiger partial charge >= 0.3 is 0 Å². The number of benzene rings is 5. The molecule has 0 aliphatic carbocycles. The molecule has 0 saturated heterocycles. The van der Waals surface area contributed by atoms with Crippen molar-refractivity contribution in [3.63, 3.8) is 0 Å². The molecule has 236 valence electrons. The minimum absolute atomic E-state index is 0.0358. The van der Waals surface area contributed by atoms with E-state index < -0.39 is 4.92 Å². The molecule has 0 aliphatic heterocycles. The highest BCUT2D eigenvalue weighted by Gasteiger charge is 2.18. The van der Waals surface area contributed by atoms with E-state index in [1.54, 1.807) is 59.2 Å². The number of hydrogen-bond donors (Lipinski definition) is 1. The Morgan fingerprint density at radius 1 is 0.833 bits per heavy atom. The third-order valence-electron chi connectivity index (χ3n) is 7.61. The Hall–Kier alpha value is -5.11. The SMILES string of the molecule is O=c1c2cc(I)ccc2nc(Cc2ccccc2Nc2c(Cl)cccc2Cl)n1-c1ccc(-c2nnc(-c3ccc([N+](=O)[O-])cc3)o2)cc1. The fraction of sp³-hybridized carbons (Fsp3) is 0.0286. The van der Waals surface area contributed by atoms with Gasteiger partial charge in [0.05, 0.1) is 37.2 Å². The summed E-state index contributed by atoms with van der Waals surface area (Å²) in [5.74, 6) is 1.01. The lowest BCUT2D eigenvalue weighted by Crippen LogP contribution is -2.24. The normalized spacial score (nSPS) is 11.1. The molecule has 0 bridgehead atoms. The molecular weight excluding hydrogens is 766 g/mol. The van der Waals surface area contributed by atoms with E-state index in [1.165, 1.54) is 12.1 Å². The molecule has 0 spiro atoms. The van der Waals surface area contributed by atoms with Gasteiger partial charge in [-0.05, 0) is 101 Å². The van der Waals surface area contributed by atoms with E-state index in [-0.39, 0.29) is 23.0 Å². The summed E-state index contributed by atoms with van der Waals surface area (Å²) in [6, 6.07) is 31.6. The number of halogens is 3. The summed E-state index contributed by atoms with van der Waals surface area (Å²) < 4.78 is 8.40. The molecule has 0 aliphatic rings. The van der Waals surface area contributed by atoms with Crippen molar-refractivity contribution in [1.82, 2.24) is 19.7 Å². The lowest BCUT2D eigenvalue weighted by molar-refractivity contribution is -0.384. The minimum atomic E-state index is -0.473. The number of nitro benzene ring substituents is 1. The van der Waals surface area contributed by atoms with E-state index in [0.717, 1.165) is 14.8 Å². The molecule has 48 heavy (non-hydrogen) atoms. The average molecular weight is 787 g/mol. The van der Waals surface area contributed by atoms with Crippen LogP contribution < -0.4 is 10.9 Å². The zero-order chi connectivity index (χ0) is 33.4. The first-order valence-corrected chi connectivity index (χ1v) is 16.3. The van der Waals surface area contributed by atoms with Crippen LogP contribution in [0.5, 0.6) is 0 Å². The van der Waals surface area contributed by atoms with Crippen LogP contribution in [0.15, 0.2) is 118 Å². The first-order valence-electron chi connectivity index (χ1n) is 14.4. The van der Waals surface area contributed by atoms with Gasteiger partial charge in [0.15, 0.2) is 0 Å². The molecular formula is C35H21Cl2IN6O4. The zero-order valence-electron chi connectivity index (χ0n) is 24.6. The Balaban J connectivity index is 1.26. The third-order valence-corrected chi connectivity index (χ3v) is 8.91. The van der Waals surface area contributed by atoms with Gasteiger partial charge in [-0.1, -0.05) is 47.5 Å². The second-order valence-electron chi connectivity index (χ2n) is 10.6. The Labute approximate surface area is 296 Å². The van der Waals surface area contributed by atoms with Crippen molar-refractivity contribution in [3.05, 3.63) is 155 Å². The Bertz CT molecular complexity index is 2380. The van der Waals surface area contributed by atoms with E-state index in [4.69, 9.17) is 32.6 Å². The number of para-hydroxylation sites is 2. The molecule has 0 fully saturated rings. The van der Waals surface area contributed by atoms with Crippen molar-refractivity contribution in [2.75, 3.05) is 5.32 Å². The fourth-order valence-corrected chi connectivity index (χ4v) is 6.23. The molecule has 1 N–H and O–H groups in total. The average Bonchev–Trinajstić information content (AvgIpc) is 3.58. The fourth-order valence-electron chi connectivity index (χ4n) is 5.24. The van der Waals surface area contributed by atoms with E-state index >= 15 is 0 Å². The predicted octanol–water partition coefficient (Wildman–Crippen LogP) is 9.26. The van der Waals surface area contributed by atoms with Crippen LogP contribution in [0.1, 0.15) is 11.4 Å². The number of fused-ring (bicyclic) bond motifs is 1. The van der Waals surface area contributed by atoms with Crippen LogP contribution in [0, 0.1) is 13.7 Å². The molecule has 13 heteroatoms. The molecule has 0 radical (unpaired) electrons. The number of nitro groups is 1. The quantitative estimate of drug-likeness (QED) is 0.0917. The summed E-state index contributed by atoms with van der Waals surface area (Å²) in [6.45, 7) is 0. The highest BCUT2D eigenvalue weighted by atomic mass is 127. The number of hydrogen-bond acceptors (Lipinski definition) is 8. The summed E-state index contributed by atoms with van der Waals surface area (Å²) in [7, 11) is 0. The van der Waals surface area contributed by atoms with Crippen LogP contribution >= 0.6 is 45.8 Å². The van der Waals surface area contributed by atoms with Gasteiger partial charge in [0.1, 0.15) is 5.82 Å². The molecule has 0 saturated carbocycles. The molecule has 2 heterocycles. The molecule has 2 aromatic heterocycles. The van der Waals surface area contributed by atoms with Crippen molar-refractivity contribution < 1.29 is 9.34 Å². The van der Waals surface area contributed by atoms with E-state index in [0.29, 0.717) is 55.7 Å². The van der Waals surface area contributed by atoms with Gasteiger partial charge in [-0.2, -0.15) is 0 Å². The molecule has 0 atom stereocenters. The van der Waals surface area contributed by atoms with Crippen LogP contribution in [-0.2, 0) is 6.42 Å². The number of anilines is 2. The number of rotatable bonds is 8. The maximum absolute atomic E-state index is 14.1. The lowest BCUT2D eigenvalue weighted by Gasteiger charge is -2.17. The minimum Gasteiger partial charge on any atom is -0.416 e. The van der Waals surface area contributed by atoms with Crippen LogP contribution in [0.25, 0.3) is 39.5 Å². The smallest absolute Gasteiger partial charge is 0.269 e. The Morgan fingerprint density at radius 3 is 2.15 bits per heavy atom. The van der Waals surface area contributed by atoms with Gasteiger partial charge in [0.25, 0.3) is 11.2 Å². The van der Waals surface area contributed by atoms with Crippen LogP contribution in [-0.4, -0.2) is 24.7 Å². The van der Waals surface area contributed by atoms with Gasteiger partial charge in [0, 0.05) is 38.9 Å². The summed E-state index contributed by atoms with van der Waals surface area (Å²) in [6.07, 6.45) is 0.312. The van der Waals surface area contributed by atoms with Crippen LogP contribution in [0.3, 0.4) is 0 Å². The maximum Gasteiger partial charge on any atom is 0.269 e. The first-order chi connectivity index (χ1) is 23.2. The van der Waals surface area contributed by atoms with E-state index in [2.05, 4.69) is 38.1 Å². The Kier molecular flexibility index (Phi) is 8.65. The van der Waals surface area contributed by atoms with Crippen molar-refractivity contribution in [2.45, 2.75) is 6.42 Å². The highest BCUT2D eigenvalue weighted by Crippen LogP contribution is 2.34. The predicted molar refractivity (Wildman–Crippen MR) is 194 cm³/mol. The number of aromatic nitrogens is 4. The molecule has 0 unspecified atom stereocenters. The van der Waals surface area contributed by atoms with Gasteiger partial charge in [-0.3, -0.25) is 19.5 Å². The molecule has 5 aromatic carbocycles.